The summed E-state index contributed by atoms with van der Waals surface area (Å²) >= 11 is 0. The normalized spacial score (nSPS) is 10.4. The molecule has 5 nitrogen and oxygen atoms in total. The van der Waals surface area contributed by atoms with Crippen LogP contribution in [0.15, 0.2) is 24.3 Å². The number of nitrogens with two attached hydrogens (primary N) is 1. The van der Waals surface area contributed by atoms with Crippen LogP contribution >= 0.6 is 0 Å². The first-order valence-corrected chi connectivity index (χ1v) is 5.34. The van der Waals surface area contributed by atoms with Gasteiger partial charge in [-0.15, -0.1) is 0 Å². The molecule has 0 aliphatic heterocycles. The minimum absolute atomic E-state index is 0.159. The van der Waals surface area contributed by atoms with Crippen LogP contribution in [0.25, 0.3) is 0 Å². The molecule has 0 fully saturated rings. The van der Waals surface area contributed by atoms with Crippen LogP contribution in [0.5, 0.6) is 0 Å². The van der Waals surface area contributed by atoms with Crippen molar-refractivity contribution in [2.45, 2.75) is 6.92 Å². The highest BCUT2D eigenvalue weighted by atomic mass is 19.1. The van der Waals surface area contributed by atoms with Crippen LogP contribution in [0.1, 0.15) is 16.1 Å². The van der Waals surface area contributed by atoms with E-state index in [1.54, 1.807) is 14.0 Å². The molecular weight excluding hydrogens is 235 g/mol. The van der Waals surface area contributed by atoms with Gasteiger partial charge in [0.1, 0.15) is 11.4 Å². The lowest BCUT2D eigenvalue weighted by atomic mass is 10.2. The van der Waals surface area contributed by atoms with Gasteiger partial charge < -0.3 is 10.6 Å². The van der Waals surface area contributed by atoms with Gasteiger partial charge in [-0.1, -0.05) is 0 Å². The zero-order chi connectivity index (χ0) is 13.3. The minimum atomic E-state index is -0.349. The number of amides is 1. The summed E-state index contributed by atoms with van der Waals surface area (Å²) < 4.78 is 12.8. The zero-order valence-corrected chi connectivity index (χ0v) is 10.1. The standard InChI is InChI=1S/C12H13FN4O/c1-7-10(11(14)16-15-7)12(18)17(2)9-5-3-8(13)4-6-9/h3-6H,1-2H3,(H3,14,15,16). The molecule has 0 saturated heterocycles. The Morgan fingerprint density at radius 1 is 1.39 bits per heavy atom. The van der Waals surface area contributed by atoms with Gasteiger partial charge in [0, 0.05) is 18.4 Å². The largest absolute Gasteiger partial charge is 0.382 e. The number of H-pyrrole nitrogens is 1. The Kier molecular flexibility index (Phi) is 3.01. The second kappa shape index (κ2) is 4.48. The third kappa shape index (κ3) is 2.04. The third-order valence-corrected chi connectivity index (χ3v) is 2.71. The van der Waals surface area contributed by atoms with E-state index in [4.69, 9.17) is 5.73 Å². The molecule has 18 heavy (non-hydrogen) atoms. The van der Waals surface area contributed by atoms with E-state index >= 15 is 0 Å². The molecule has 0 unspecified atom stereocenters. The Hall–Kier alpha value is -2.37. The van der Waals surface area contributed by atoms with E-state index in [9.17, 15) is 9.18 Å². The quantitative estimate of drug-likeness (QED) is 0.849. The van der Waals surface area contributed by atoms with Crippen LogP contribution in [0.2, 0.25) is 0 Å². The van der Waals surface area contributed by atoms with Crippen LogP contribution in [-0.2, 0) is 0 Å². The average molecular weight is 248 g/mol. The lowest BCUT2D eigenvalue weighted by Crippen LogP contribution is -2.27. The summed E-state index contributed by atoms with van der Waals surface area (Å²) in [6, 6.07) is 5.65. The fourth-order valence-corrected chi connectivity index (χ4v) is 1.67. The summed E-state index contributed by atoms with van der Waals surface area (Å²) in [5.74, 6) is -0.476. The number of nitrogens with one attached hydrogen (secondary N) is 1. The van der Waals surface area contributed by atoms with Crippen molar-refractivity contribution in [2.75, 3.05) is 17.7 Å². The summed E-state index contributed by atoms with van der Waals surface area (Å²) in [5.41, 5.74) is 7.16. The molecule has 6 heteroatoms. The van der Waals surface area contributed by atoms with Gasteiger partial charge in [-0.2, -0.15) is 5.10 Å². The van der Waals surface area contributed by atoms with Crippen molar-refractivity contribution in [3.63, 3.8) is 0 Å². The van der Waals surface area contributed by atoms with Gasteiger partial charge in [0.25, 0.3) is 5.91 Å². The highest BCUT2D eigenvalue weighted by Crippen LogP contribution is 2.20. The predicted octanol–water partition coefficient (Wildman–Crippen LogP) is 1.72. The lowest BCUT2D eigenvalue weighted by Gasteiger charge is -2.17. The summed E-state index contributed by atoms with van der Waals surface area (Å²) in [6.45, 7) is 1.72. The first-order chi connectivity index (χ1) is 8.50. The van der Waals surface area contributed by atoms with E-state index < -0.39 is 0 Å². The number of hydrogen-bond acceptors (Lipinski definition) is 3. The van der Waals surface area contributed by atoms with E-state index in [-0.39, 0.29) is 17.5 Å². The second-order valence-electron chi connectivity index (χ2n) is 3.95. The molecule has 94 valence electrons. The van der Waals surface area contributed by atoms with E-state index in [0.29, 0.717) is 16.9 Å². The second-order valence-corrected chi connectivity index (χ2v) is 3.95. The number of nitrogens with zero attached hydrogens (tertiary/aromatic N) is 2. The summed E-state index contributed by atoms with van der Waals surface area (Å²) in [4.78, 5) is 13.6. The molecule has 1 aromatic heterocycles. The molecule has 3 N–H and O–H groups in total. The molecule has 0 spiro atoms. The van der Waals surface area contributed by atoms with E-state index in [1.165, 1.54) is 29.2 Å². The number of aryl methyl sites for hydroxylation is 1. The Morgan fingerprint density at radius 2 is 2.00 bits per heavy atom. The number of carbonyl (C=O) groups excluding carboxylic acids is 1. The number of anilines is 2. The van der Waals surface area contributed by atoms with Crippen molar-refractivity contribution in [2.24, 2.45) is 0 Å². The van der Waals surface area contributed by atoms with Crippen molar-refractivity contribution in [3.05, 3.63) is 41.3 Å². The van der Waals surface area contributed by atoms with Crippen LogP contribution in [0.3, 0.4) is 0 Å². The fourth-order valence-electron chi connectivity index (χ4n) is 1.67. The maximum atomic E-state index is 12.8. The Morgan fingerprint density at radius 3 is 2.50 bits per heavy atom. The molecule has 2 aromatic rings. The smallest absolute Gasteiger partial charge is 0.263 e. The molecule has 0 radical (unpaired) electrons. The summed E-state index contributed by atoms with van der Waals surface area (Å²) in [5, 5.41) is 6.42. The van der Waals surface area contributed by atoms with Crippen LogP contribution in [0, 0.1) is 12.7 Å². The topological polar surface area (TPSA) is 75.0 Å². The minimum Gasteiger partial charge on any atom is -0.382 e. The molecular formula is C12H13FN4O. The monoisotopic (exact) mass is 248 g/mol. The molecule has 0 bridgehead atoms. The fraction of sp³-hybridized carbons (Fsp3) is 0.167. The maximum absolute atomic E-state index is 12.8. The number of aromatic amines is 1. The number of rotatable bonds is 2. The SMILES string of the molecule is Cc1[nH]nc(N)c1C(=O)N(C)c1ccc(F)cc1. The maximum Gasteiger partial charge on any atom is 0.263 e. The summed E-state index contributed by atoms with van der Waals surface area (Å²) in [6.07, 6.45) is 0. The van der Waals surface area contributed by atoms with Crippen molar-refractivity contribution in [3.8, 4) is 0 Å². The van der Waals surface area contributed by atoms with Gasteiger partial charge in [-0.05, 0) is 31.2 Å². The Balaban J connectivity index is 2.32. The van der Waals surface area contributed by atoms with Gasteiger partial charge in [-0.3, -0.25) is 9.89 Å². The molecule has 1 heterocycles. The van der Waals surface area contributed by atoms with Gasteiger partial charge in [0.15, 0.2) is 5.82 Å². The molecule has 1 amide bonds. The number of carbonyl (C=O) groups is 1. The lowest BCUT2D eigenvalue weighted by molar-refractivity contribution is 0.0993. The first kappa shape index (κ1) is 12.1. The van der Waals surface area contributed by atoms with Crippen molar-refractivity contribution in [1.29, 1.82) is 0 Å². The van der Waals surface area contributed by atoms with E-state index in [1.807, 2.05) is 0 Å². The molecule has 0 saturated carbocycles. The van der Waals surface area contributed by atoms with Crippen LogP contribution in [-0.4, -0.2) is 23.2 Å². The van der Waals surface area contributed by atoms with Crippen molar-refractivity contribution >= 4 is 17.4 Å². The van der Waals surface area contributed by atoms with Crippen LogP contribution in [0.4, 0.5) is 15.9 Å². The number of aromatic nitrogens is 2. The van der Waals surface area contributed by atoms with E-state index in [2.05, 4.69) is 10.2 Å². The number of benzene rings is 1. The first-order valence-electron chi connectivity index (χ1n) is 5.34. The number of nitrogen functional groups attached to an aromatic ring is 1. The van der Waals surface area contributed by atoms with Gasteiger partial charge >= 0.3 is 0 Å². The van der Waals surface area contributed by atoms with Crippen molar-refractivity contribution < 1.29 is 9.18 Å². The zero-order valence-electron chi connectivity index (χ0n) is 10.1. The van der Waals surface area contributed by atoms with Crippen LogP contribution < -0.4 is 10.6 Å². The predicted molar refractivity (Wildman–Crippen MR) is 66.9 cm³/mol. The highest BCUT2D eigenvalue weighted by Gasteiger charge is 2.20. The molecule has 0 atom stereocenters. The molecule has 2 rings (SSSR count). The highest BCUT2D eigenvalue weighted by molar-refractivity contribution is 6.09. The van der Waals surface area contributed by atoms with Gasteiger partial charge in [-0.25, -0.2) is 4.39 Å². The molecule has 0 aliphatic rings. The van der Waals surface area contributed by atoms with E-state index in [0.717, 1.165) is 0 Å². The van der Waals surface area contributed by atoms with Gasteiger partial charge in [0.05, 0.1) is 0 Å². The Bertz CT molecular complexity index is 557. The number of halogens is 1. The average Bonchev–Trinajstić information content (AvgIpc) is 2.68. The number of hydrogen-bond donors (Lipinski definition) is 2. The summed E-state index contributed by atoms with van der Waals surface area (Å²) in [7, 11) is 1.60. The van der Waals surface area contributed by atoms with Gasteiger partial charge in [0.2, 0.25) is 0 Å². The third-order valence-electron chi connectivity index (χ3n) is 2.71. The van der Waals surface area contributed by atoms with Crippen molar-refractivity contribution in [1.82, 2.24) is 10.2 Å². The molecule has 0 aliphatic carbocycles. The molecule has 1 aromatic carbocycles. The Labute approximate surface area is 103 Å².